The summed E-state index contributed by atoms with van der Waals surface area (Å²) in [5.41, 5.74) is 6.26. The van der Waals surface area contributed by atoms with Crippen molar-refractivity contribution in [1.29, 1.82) is 0 Å². The number of fused-ring (bicyclic) bond motifs is 5. The Morgan fingerprint density at radius 3 is 2.94 bits per heavy atom. The van der Waals surface area contributed by atoms with Crippen molar-refractivity contribution in [3.05, 3.63) is 53.6 Å². The number of aromatic nitrogens is 2. The van der Waals surface area contributed by atoms with Crippen LogP contribution < -0.4 is 0 Å². The minimum atomic E-state index is 0.949. The molecule has 2 aromatic carbocycles. The number of nitrogens with zero attached hydrogens (tertiary/aromatic N) is 2. The fourth-order valence-electron chi connectivity index (χ4n) is 2.65. The molecule has 0 aliphatic carbocycles. The van der Waals surface area contributed by atoms with E-state index >= 15 is 0 Å². The van der Waals surface area contributed by atoms with E-state index in [4.69, 9.17) is 4.98 Å². The molecule has 2 nitrogen and oxygen atoms in total. The molecule has 0 unspecified atom stereocenters. The van der Waals surface area contributed by atoms with Crippen molar-refractivity contribution in [2.75, 3.05) is 0 Å². The Labute approximate surface area is 99.5 Å². The maximum absolute atomic E-state index is 4.76. The maximum Gasteiger partial charge on any atom is 0.141 e. The molecule has 1 aromatic heterocycles. The van der Waals surface area contributed by atoms with Crippen molar-refractivity contribution >= 4 is 11.0 Å². The Kier molecular flexibility index (Phi) is 1.57. The van der Waals surface area contributed by atoms with Gasteiger partial charge in [0.1, 0.15) is 5.82 Å². The third-order valence-corrected chi connectivity index (χ3v) is 3.49. The van der Waals surface area contributed by atoms with Crippen LogP contribution in [0.4, 0.5) is 0 Å². The first kappa shape index (κ1) is 8.99. The summed E-state index contributed by atoms with van der Waals surface area (Å²) >= 11 is 0. The molecule has 0 bridgehead atoms. The van der Waals surface area contributed by atoms with Gasteiger partial charge in [0.2, 0.25) is 0 Å². The molecule has 82 valence electrons. The molecule has 0 N–H and O–H groups in total. The zero-order chi connectivity index (χ0) is 11.4. The lowest BCUT2D eigenvalue weighted by Gasteiger charge is -1.99. The highest BCUT2D eigenvalue weighted by molar-refractivity contribution is 5.83. The first-order chi connectivity index (χ1) is 8.33. The van der Waals surface area contributed by atoms with Crippen molar-refractivity contribution in [3.63, 3.8) is 0 Å². The molecule has 0 spiro atoms. The van der Waals surface area contributed by atoms with Gasteiger partial charge in [0.25, 0.3) is 0 Å². The fraction of sp³-hybridized carbons (Fsp3) is 0.133. The quantitative estimate of drug-likeness (QED) is 0.444. The van der Waals surface area contributed by atoms with Crippen molar-refractivity contribution in [2.24, 2.45) is 0 Å². The second kappa shape index (κ2) is 2.98. The standard InChI is InChI=1S/C15H12N2/c1-10-6-7-14-13(8-10)16-15-12-5-3-2-4-11(12)9-17(14)15/h2-8H,9H2,1H3. The van der Waals surface area contributed by atoms with Crippen LogP contribution in [0.1, 0.15) is 11.1 Å². The van der Waals surface area contributed by atoms with Crippen LogP contribution in [-0.2, 0) is 6.54 Å². The minimum Gasteiger partial charge on any atom is -0.319 e. The van der Waals surface area contributed by atoms with Gasteiger partial charge in [0.05, 0.1) is 17.6 Å². The largest absolute Gasteiger partial charge is 0.319 e. The van der Waals surface area contributed by atoms with E-state index in [1.165, 1.54) is 22.2 Å². The molecular formula is C15H12N2. The first-order valence-electron chi connectivity index (χ1n) is 5.88. The molecule has 0 amide bonds. The minimum absolute atomic E-state index is 0.949. The molecule has 0 fully saturated rings. The molecule has 3 aromatic rings. The normalized spacial score (nSPS) is 12.8. The van der Waals surface area contributed by atoms with Gasteiger partial charge in [-0.3, -0.25) is 0 Å². The molecule has 1 aliphatic rings. The Bertz CT molecular complexity index is 738. The first-order valence-corrected chi connectivity index (χ1v) is 5.88. The summed E-state index contributed by atoms with van der Waals surface area (Å²) in [5.74, 6) is 1.11. The highest BCUT2D eigenvalue weighted by Gasteiger charge is 2.21. The molecule has 4 rings (SSSR count). The summed E-state index contributed by atoms with van der Waals surface area (Å²) < 4.78 is 2.30. The Morgan fingerprint density at radius 2 is 2.00 bits per heavy atom. The van der Waals surface area contributed by atoms with Gasteiger partial charge in [-0.1, -0.05) is 30.3 Å². The molecule has 1 aliphatic heterocycles. The Morgan fingerprint density at radius 1 is 1.12 bits per heavy atom. The lowest BCUT2D eigenvalue weighted by molar-refractivity contribution is 0.879. The number of benzene rings is 2. The van der Waals surface area contributed by atoms with E-state index < -0.39 is 0 Å². The summed E-state index contributed by atoms with van der Waals surface area (Å²) in [6.07, 6.45) is 0. The van der Waals surface area contributed by atoms with Gasteiger partial charge in [-0.25, -0.2) is 4.98 Å². The Hall–Kier alpha value is -2.09. The topological polar surface area (TPSA) is 17.8 Å². The van der Waals surface area contributed by atoms with Gasteiger partial charge in [-0.05, 0) is 30.2 Å². The lowest BCUT2D eigenvalue weighted by Crippen LogP contribution is -1.91. The molecule has 0 saturated carbocycles. The summed E-state index contributed by atoms with van der Waals surface area (Å²) in [7, 11) is 0. The van der Waals surface area contributed by atoms with Crippen molar-refractivity contribution in [3.8, 4) is 11.4 Å². The van der Waals surface area contributed by atoms with E-state index in [0.717, 1.165) is 17.9 Å². The predicted molar refractivity (Wildman–Crippen MR) is 69.0 cm³/mol. The monoisotopic (exact) mass is 220 g/mol. The number of rotatable bonds is 0. The van der Waals surface area contributed by atoms with Crippen LogP contribution in [0.15, 0.2) is 42.5 Å². The molecule has 0 saturated heterocycles. The number of hydrogen-bond acceptors (Lipinski definition) is 1. The van der Waals surface area contributed by atoms with Crippen LogP contribution in [0.2, 0.25) is 0 Å². The van der Waals surface area contributed by atoms with E-state index in [-0.39, 0.29) is 0 Å². The van der Waals surface area contributed by atoms with Crippen molar-refractivity contribution < 1.29 is 0 Å². The third kappa shape index (κ3) is 1.12. The van der Waals surface area contributed by atoms with Gasteiger partial charge >= 0.3 is 0 Å². The van der Waals surface area contributed by atoms with Crippen molar-refractivity contribution in [2.45, 2.75) is 13.5 Å². The second-order valence-electron chi connectivity index (χ2n) is 4.67. The van der Waals surface area contributed by atoms with E-state index in [2.05, 4.69) is 54.0 Å². The van der Waals surface area contributed by atoms with Crippen LogP contribution in [0, 0.1) is 6.92 Å². The second-order valence-corrected chi connectivity index (χ2v) is 4.67. The van der Waals surface area contributed by atoms with Crippen LogP contribution in [-0.4, -0.2) is 9.55 Å². The van der Waals surface area contributed by atoms with E-state index in [1.54, 1.807) is 0 Å². The van der Waals surface area contributed by atoms with E-state index in [9.17, 15) is 0 Å². The van der Waals surface area contributed by atoms with Gasteiger partial charge in [0, 0.05) is 5.56 Å². The average Bonchev–Trinajstić information content (AvgIpc) is 2.84. The van der Waals surface area contributed by atoms with Crippen molar-refractivity contribution in [1.82, 2.24) is 9.55 Å². The van der Waals surface area contributed by atoms with Gasteiger partial charge in [0.15, 0.2) is 0 Å². The lowest BCUT2D eigenvalue weighted by atomic mass is 10.1. The molecule has 0 radical (unpaired) electrons. The summed E-state index contributed by atoms with van der Waals surface area (Å²) in [6, 6.07) is 15.0. The third-order valence-electron chi connectivity index (χ3n) is 3.49. The molecule has 2 heterocycles. The zero-order valence-corrected chi connectivity index (χ0v) is 9.64. The summed E-state index contributed by atoms with van der Waals surface area (Å²) in [6.45, 7) is 3.06. The highest BCUT2D eigenvalue weighted by Crippen LogP contribution is 2.34. The van der Waals surface area contributed by atoms with Gasteiger partial charge in [-0.15, -0.1) is 0 Å². The summed E-state index contributed by atoms with van der Waals surface area (Å²) in [5, 5.41) is 0. The van der Waals surface area contributed by atoms with Crippen LogP contribution in [0.3, 0.4) is 0 Å². The smallest absolute Gasteiger partial charge is 0.141 e. The summed E-state index contributed by atoms with van der Waals surface area (Å²) in [4.78, 5) is 4.76. The fourth-order valence-corrected chi connectivity index (χ4v) is 2.65. The predicted octanol–water partition coefficient (Wildman–Crippen LogP) is 3.37. The highest BCUT2D eigenvalue weighted by atomic mass is 15.1. The zero-order valence-electron chi connectivity index (χ0n) is 9.64. The number of imidazole rings is 1. The SMILES string of the molecule is Cc1ccc2c(c1)nc1n2Cc2ccccc2-1. The molecule has 17 heavy (non-hydrogen) atoms. The van der Waals surface area contributed by atoms with Gasteiger partial charge in [-0.2, -0.15) is 0 Å². The van der Waals surface area contributed by atoms with Gasteiger partial charge < -0.3 is 4.57 Å². The maximum atomic E-state index is 4.76. The van der Waals surface area contributed by atoms with Crippen LogP contribution >= 0.6 is 0 Å². The average molecular weight is 220 g/mol. The van der Waals surface area contributed by atoms with E-state index in [0.29, 0.717) is 0 Å². The number of aryl methyl sites for hydroxylation is 1. The number of hydrogen-bond donors (Lipinski definition) is 0. The Balaban J connectivity index is 2.08. The van der Waals surface area contributed by atoms with Crippen LogP contribution in [0.5, 0.6) is 0 Å². The van der Waals surface area contributed by atoms with Crippen LogP contribution in [0.25, 0.3) is 22.4 Å². The van der Waals surface area contributed by atoms with E-state index in [1.807, 2.05) is 0 Å². The molecule has 2 heteroatoms. The molecular weight excluding hydrogens is 208 g/mol. The molecule has 0 atom stereocenters.